The van der Waals surface area contributed by atoms with Crippen molar-refractivity contribution >= 4 is 40.3 Å². The first-order valence-corrected chi connectivity index (χ1v) is 7.52. The molecule has 0 atom stereocenters. The molecule has 0 saturated carbocycles. The predicted octanol–water partition coefficient (Wildman–Crippen LogP) is 2.77. The zero-order chi connectivity index (χ0) is 15.0. The summed E-state index contributed by atoms with van der Waals surface area (Å²) >= 11 is 10.3. The maximum absolute atomic E-state index is 5.19. The standard InChI is InChI=1S/C14H22N4S2/c1-4-5-8-15-13(19)17-18-14(20)16-12-7-6-10(2)11(3)9-12/h6-7,9H,4-5,8H2,1-3H3,(H2,15,17,19)(H2,16,18,20). The lowest BCUT2D eigenvalue weighted by atomic mass is 10.1. The van der Waals surface area contributed by atoms with Gasteiger partial charge in [0, 0.05) is 12.2 Å². The molecule has 4 N–H and O–H groups in total. The first-order chi connectivity index (χ1) is 9.52. The largest absolute Gasteiger partial charge is 0.361 e. The van der Waals surface area contributed by atoms with E-state index in [9.17, 15) is 0 Å². The summed E-state index contributed by atoms with van der Waals surface area (Å²) < 4.78 is 0. The molecule has 0 unspecified atom stereocenters. The molecule has 0 saturated heterocycles. The van der Waals surface area contributed by atoms with E-state index in [0.717, 1.165) is 25.1 Å². The van der Waals surface area contributed by atoms with Crippen molar-refractivity contribution < 1.29 is 0 Å². The Bertz CT molecular complexity index is 474. The maximum atomic E-state index is 5.19. The average Bonchev–Trinajstić information content (AvgIpc) is 2.41. The third-order valence-electron chi connectivity index (χ3n) is 2.87. The molecule has 20 heavy (non-hydrogen) atoms. The summed E-state index contributed by atoms with van der Waals surface area (Å²) in [6, 6.07) is 6.11. The molecule has 0 fully saturated rings. The highest BCUT2D eigenvalue weighted by atomic mass is 32.1. The van der Waals surface area contributed by atoms with Crippen LogP contribution in [0.1, 0.15) is 30.9 Å². The Kier molecular flexibility index (Phi) is 7.25. The van der Waals surface area contributed by atoms with Crippen molar-refractivity contribution in [1.29, 1.82) is 0 Å². The van der Waals surface area contributed by atoms with Crippen LogP contribution in [0.5, 0.6) is 0 Å². The van der Waals surface area contributed by atoms with Crippen molar-refractivity contribution in [3.05, 3.63) is 29.3 Å². The lowest BCUT2D eigenvalue weighted by Gasteiger charge is -2.14. The molecule has 0 heterocycles. The number of thiocarbonyl (C=S) groups is 2. The van der Waals surface area contributed by atoms with Crippen molar-refractivity contribution in [2.45, 2.75) is 33.6 Å². The number of anilines is 1. The van der Waals surface area contributed by atoms with Crippen molar-refractivity contribution in [1.82, 2.24) is 16.2 Å². The molecular formula is C14H22N4S2. The second-order valence-electron chi connectivity index (χ2n) is 4.61. The van der Waals surface area contributed by atoms with Crippen LogP contribution in [-0.2, 0) is 0 Å². The first-order valence-electron chi connectivity index (χ1n) is 6.71. The summed E-state index contributed by atoms with van der Waals surface area (Å²) in [5.41, 5.74) is 9.15. The van der Waals surface area contributed by atoms with E-state index in [-0.39, 0.29) is 0 Å². The Hall–Kier alpha value is -1.40. The third-order valence-corrected chi connectivity index (χ3v) is 3.32. The van der Waals surface area contributed by atoms with E-state index < -0.39 is 0 Å². The van der Waals surface area contributed by atoms with Gasteiger partial charge in [-0.15, -0.1) is 0 Å². The molecule has 0 bridgehead atoms. The van der Waals surface area contributed by atoms with E-state index in [4.69, 9.17) is 24.4 Å². The van der Waals surface area contributed by atoms with Crippen molar-refractivity contribution in [3.8, 4) is 0 Å². The molecule has 0 spiro atoms. The average molecular weight is 310 g/mol. The van der Waals surface area contributed by atoms with E-state index in [0.29, 0.717) is 10.2 Å². The molecule has 6 heteroatoms. The van der Waals surface area contributed by atoms with Gasteiger partial charge in [-0.05, 0) is 68.0 Å². The van der Waals surface area contributed by atoms with Gasteiger partial charge in [0.15, 0.2) is 10.2 Å². The molecule has 0 amide bonds. The summed E-state index contributed by atoms with van der Waals surface area (Å²) in [5, 5.41) is 7.22. The summed E-state index contributed by atoms with van der Waals surface area (Å²) in [6.45, 7) is 7.15. The number of benzene rings is 1. The minimum atomic E-state index is 0.480. The van der Waals surface area contributed by atoms with Crippen LogP contribution in [0.25, 0.3) is 0 Å². The van der Waals surface area contributed by atoms with Gasteiger partial charge in [-0.3, -0.25) is 10.9 Å². The highest BCUT2D eigenvalue weighted by Gasteiger charge is 2.00. The number of hydrogen-bond donors (Lipinski definition) is 4. The van der Waals surface area contributed by atoms with Crippen LogP contribution in [0.2, 0.25) is 0 Å². The number of nitrogens with one attached hydrogen (secondary N) is 4. The van der Waals surface area contributed by atoms with E-state index in [1.165, 1.54) is 11.1 Å². The van der Waals surface area contributed by atoms with Gasteiger partial charge in [-0.1, -0.05) is 19.4 Å². The minimum Gasteiger partial charge on any atom is -0.361 e. The zero-order valence-electron chi connectivity index (χ0n) is 12.2. The van der Waals surface area contributed by atoms with Crippen LogP contribution in [0.3, 0.4) is 0 Å². The maximum Gasteiger partial charge on any atom is 0.189 e. The van der Waals surface area contributed by atoms with Crippen molar-refractivity contribution in [2.24, 2.45) is 0 Å². The zero-order valence-corrected chi connectivity index (χ0v) is 13.8. The van der Waals surface area contributed by atoms with Gasteiger partial charge in [0.1, 0.15) is 0 Å². The quantitative estimate of drug-likeness (QED) is 0.390. The lowest BCUT2D eigenvalue weighted by molar-refractivity contribution is 0.732. The Morgan fingerprint density at radius 1 is 1.05 bits per heavy atom. The van der Waals surface area contributed by atoms with Crippen LogP contribution in [-0.4, -0.2) is 16.8 Å². The highest BCUT2D eigenvalue weighted by Crippen LogP contribution is 2.13. The van der Waals surface area contributed by atoms with E-state index in [1.54, 1.807) is 0 Å². The van der Waals surface area contributed by atoms with Gasteiger partial charge >= 0.3 is 0 Å². The molecule has 0 aliphatic carbocycles. The second kappa shape index (κ2) is 8.71. The number of hydrogen-bond acceptors (Lipinski definition) is 2. The van der Waals surface area contributed by atoms with Crippen LogP contribution in [0, 0.1) is 13.8 Å². The van der Waals surface area contributed by atoms with Gasteiger partial charge in [0.25, 0.3) is 0 Å². The van der Waals surface area contributed by atoms with Gasteiger partial charge < -0.3 is 10.6 Å². The van der Waals surface area contributed by atoms with Gasteiger partial charge in [-0.2, -0.15) is 0 Å². The first kappa shape index (κ1) is 16.7. The molecule has 0 radical (unpaired) electrons. The molecule has 1 aromatic rings. The van der Waals surface area contributed by atoms with Crippen molar-refractivity contribution in [2.75, 3.05) is 11.9 Å². The second-order valence-corrected chi connectivity index (χ2v) is 5.43. The fraction of sp³-hybridized carbons (Fsp3) is 0.429. The number of unbranched alkanes of at least 4 members (excludes halogenated alkanes) is 1. The molecule has 1 rings (SSSR count). The predicted molar refractivity (Wildman–Crippen MR) is 93.9 cm³/mol. The van der Waals surface area contributed by atoms with Crippen LogP contribution >= 0.6 is 24.4 Å². The molecular weight excluding hydrogens is 288 g/mol. The number of rotatable bonds is 4. The van der Waals surface area contributed by atoms with E-state index >= 15 is 0 Å². The van der Waals surface area contributed by atoms with E-state index in [2.05, 4.69) is 54.4 Å². The third kappa shape index (κ3) is 6.16. The van der Waals surface area contributed by atoms with Gasteiger partial charge in [-0.25, -0.2) is 0 Å². The number of aryl methyl sites for hydroxylation is 2. The Morgan fingerprint density at radius 3 is 2.40 bits per heavy atom. The summed E-state index contributed by atoms with van der Waals surface area (Å²) in [4.78, 5) is 0. The topological polar surface area (TPSA) is 48.1 Å². The van der Waals surface area contributed by atoms with Gasteiger partial charge in [0.2, 0.25) is 0 Å². The molecule has 1 aromatic carbocycles. The molecule has 4 nitrogen and oxygen atoms in total. The molecule has 110 valence electrons. The highest BCUT2D eigenvalue weighted by molar-refractivity contribution is 7.80. The summed E-state index contributed by atoms with van der Waals surface area (Å²) in [7, 11) is 0. The normalized spacial score (nSPS) is 9.75. The Balaban J connectivity index is 2.32. The fourth-order valence-electron chi connectivity index (χ4n) is 1.52. The molecule has 0 aliphatic rings. The smallest absolute Gasteiger partial charge is 0.189 e. The minimum absolute atomic E-state index is 0.480. The van der Waals surface area contributed by atoms with Crippen molar-refractivity contribution in [3.63, 3.8) is 0 Å². The SMILES string of the molecule is CCCCNC(=S)NNC(=S)Nc1ccc(C)c(C)c1. The summed E-state index contributed by atoms with van der Waals surface area (Å²) in [5.74, 6) is 0. The number of hydrazine groups is 1. The fourth-order valence-corrected chi connectivity index (χ4v) is 1.84. The Labute approximate surface area is 131 Å². The monoisotopic (exact) mass is 310 g/mol. The van der Waals surface area contributed by atoms with E-state index in [1.807, 2.05) is 6.07 Å². The van der Waals surface area contributed by atoms with Gasteiger partial charge in [0.05, 0.1) is 0 Å². The Morgan fingerprint density at radius 2 is 1.75 bits per heavy atom. The van der Waals surface area contributed by atoms with Crippen LogP contribution in [0.15, 0.2) is 18.2 Å². The summed E-state index contributed by atoms with van der Waals surface area (Å²) in [6.07, 6.45) is 2.23. The lowest BCUT2D eigenvalue weighted by Crippen LogP contribution is -2.48. The molecule has 0 aromatic heterocycles. The van der Waals surface area contributed by atoms with Crippen LogP contribution in [0.4, 0.5) is 5.69 Å². The molecule has 0 aliphatic heterocycles. The van der Waals surface area contributed by atoms with Crippen LogP contribution < -0.4 is 21.5 Å².